The maximum absolute atomic E-state index is 13.0. The van der Waals surface area contributed by atoms with Gasteiger partial charge in [0.25, 0.3) is 0 Å². The highest BCUT2D eigenvalue weighted by atomic mass is 35.5. The Balaban J connectivity index is 1.54. The fraction of sp³-hybridized carbons (Fsp3) is 0.296. The topological polar surface area (TPSA) is 125 Å². The Labute approximate surface area is 235 Å². The monoisotopic (exact) mass is 567 g/mol. The summed E-state index contributed by atoms with van der Waals surface area (Å²) in [5, 5.41) is 16.0. The largest absolute Gasteiger partial charge is 0.480 e. The van der Waals surface area contributed by atoms with Gasteiger partial charge < -0.3 is 20.6 Å². The summed E-state index contributed by atoms with van der Waals surface area (Å²) < 4.78 is 1.93. The van der Waals surface area contributed by atoms with Gasteiger partial charge in [-0.15, -0.1) is 0 Å². The Morgan fingerprint density at radius 3 is 2.44 bits per heavy atom. The molecule has 5 rings (SSSR count). The molecule has 1 saturated heterocycles. The second kappa shape index (κ2) is 11.2. The van der Waals surface area contributed by atoms with Gasteiger partial charge >= 0.3 is 5.97 Å². The Hall–Kier alpha value is -3.73. The van der Waals surface area contributed by atoms with Crippen molar-refractivity contribution >= 4 is 52.1 Å². The van der Waals surface area contributed by atoms with Crippen LogP contribution in [0.4, 0.5) is 5.82 Å². The lowest BCUT2D eigenvalue weighted by Gasteiger charge is -2.41. The van der Waals surface area contributed by atoms with Crippen molar-refractivity contribution in [1.82, 2.24) is 30.2 Å². The van der Waals surface area contributed by atoms with Gasteiger partial charge in [-0.25, -0.2) is 15.0 Å². The number of hydrogen-bond acceptors (Lipinski definition) is 7. The zero-order valence-corrected chi connectivity index (χ0v) is 22.7. The van der Waals surface area contributed by atoms with Gasteiger partial charge in [-0.2, -0.15) is 0 Å². The van der Waals surface area contributed by atoms with Crippen LogP contribution in [0.25, 0.3) is 28.2 Å². The van der Waals surface area contributed by atoms with Crippen LogP contribution in [-0.2, 0) is 9.59 Å². The molecule has 3 N–H and O–H groups in total. The molecule has 4 aromatic rings. The lowest BCUT2D eigenvalue weighted by atomic mass is 9.86. The summed E-state index contributed by atoms with van der Waals surface area (Å²) in [6.45, 7) is 3.09. The number of carboxylic acid groups (broad SMARTS) is 1. The van der Waals surface area contributed by atoms with Gasteiger partial charge in [0.1, 0.15) is 24.2 Å². The summed E-state index contributed by atoms with van der Waals surface area (Å²) in [4.78, 5) is 40.2. The molecule has 1 amide bonds. The van der Waals surface area contributed by atoms with E-state index in [9.17, 15) is 9.59 Å². The molecule has 0 unspecified atom stereocenters. The number of imidazole rings is 1. The third-order valence-corrected chi connectivity index (χ3v) is 7.47. The Bertz CT molecular complexity index is 1520. The lowest BCUT2D eigenvalue weighted by Crippen LogP contribution is -2.62. The molecule has 0 saturated carbocycles. The third kappa shape index (κ3) is 5.27. The molecule has 0 aliphatic carbocycles. The summed E-state index contributed by atoms with van der Waals surface area (Å²) >= 11 is 12.8. The summed E-state index contributed by atoms with van der Waals surface area (Å²) in [6.07, 6.45) is 2.44. The zero-order chi connectivity index (χ0) is 27.6. The van der Waals surface area contributed by atoms with E-state index in [2.05, 4.69) is 25.5 Å². The van der Waals surface area contributed by atoms with Crippen LogP contribution in [0.15, 0.2) is 54.9 Å². The first-order valence-corrected chi connectivity index (χ1v) is 13.3. The maximum atomic E-state index is 13.0. The molecule has 1 aliphatic rings. The number of halogens is 2. The number of piperidine rings is 1. The number of nitrogens with zero attached hydrogens (tertiary/aromatic N) is 5. The van der Waals surface area contributed by atoms with Gasteiger partial charge in [-0.05, 0) is 55.8 Å². The van der Waals surface area contributed by atoms with Crippen molar-refractivity contribution < 1.29 is 14.7 Å². The fourth-order valence-corrected chi connectivity index (χ4v) is 5.36. The number of rotatable bonds is 8. The fourth-order valence-electron chi connectivity index (χ4n) is 5.02. The summed E-state index contributed by atoms with van der Waals surface area (Å²) in [6, 6.07) is 14.9. The number of carbonyl (C=O) groups is 2. The van der Waals surface area contributed by atoms with Crippen molar-refractivity contribution in [1.29, 1.82) is 0 Å². The van der Waals surface area contributed by atoms with Crippen molar-refractivity contribution in [2.24, 2.45) is 0 Å². The van der Waals surface area contributed by atoms with Gasteiger partial charge in [0.2, 0.25) is 5.91 Å². The molecule has 202 valence electrons. The van der Waals surface area contributed by atoms with E-state index in [1.807, 2.05) is 60.0 Å². The molecule has 2 aromatic heterocycles. The number of nitrogens with one attached hydrogen (secondary N) is 2. The van der Waals surface area contributed by atoms with Crippen LogP contribution in [0, 0.1) is 0 Å². The van der Waals surface area contributed by atoms with Gasteiger partial charge in [-0.1, -0.05) is 42.3 Å². The van der Waals surface area contributed by atoms with Crippen LogP contribution < -0.4 is 15.5 Å². The zero-order valence-electron chi connectivity index (χ0n) is 21.2. The molecule has 1 aliphatic heterocycles. The number of carbonyl (C=O) groups excluding carboxylic acids is 1. The van der Waals surface area contributed by atoms with E-state index in [0.29, 0.717) is 65.3 Å². The second-order valence-electron chi connectivity index (χ2n) is 9.27. The number of likely N-dealkylation sites (N-methyl/N-ethyl adjacent to an activating group) is 1. The number of benzene rings is 2. The predicted octanol–water partition coefficient (Wildman–Crippen LogP) is 3.94. The van der Waals surface area contributed by atoms with Gasteiger partial charge in [0.15, 0.2) is 17.0 Å². The molecule has 12 heteroatoms. The quantitative estimate of drug-likeness (QED) is 0.292. The van der Waals surface area contributed by atoms with Gasteiger partial charge in [0.05, 0.1) is 5.02 Å². The molecule has 0 bridgehead atoms. The van der Waals surface area contributed by atoms with Crippen LogP contribution in [0.3, 0.4) is 0 Å². The average Bonchev–Trinajstić information content (AvgIpc) is 3.32. The van der Waals surface area contributed by atoms with Crippen molar-refractivity contribution in [3.63, 3.8) is 0 Å². The van der Waals surface area contributed by atoms with Crippen LogP contribution in [0.5, 0.6) is 0 Å². The number of amides is 1. The second-order valence-corrected chi connectivity index (χ2v) is 10.1. The first kappa shape index (κ1) is 26.9. The van der Waals surface area contributed by atoms with E-state index in [4.69, 9.17) is 33.3 Å². The maximum Gasteiger partial charge on any atom is 0.322 e. The number of aliphatic carboxylic acids is 1. The van der Waals surface area contributed by atoms with E-state index in [0.717, 1.165) is 11.3 Å². The van der Waals surface area contributed by atoms with Gasteiger partial charge in [-0.3, -0.25) is 14.2 Å². The molecule has 0 atom stereocenters. The summed E-state index contributed by atoms with van der Waals surface area (Å²) in [5.41, 5.74) is 1.92. The molecule has 1 fully saturated rings. The molecule has 3 heterocycles. The minimum Gasteiger partial charge on any atom is -0.480 e. The smallest absolute Gasteiger partial charge is 0.322 e. The van der Waals surface area contributed by atoms with Crippen LogP contribution in [0.1, 0.15) is 19.8 Å². The third-order valence-electron chi connectivity index (χ3n) is 6.89. The highest BCUT2D eigenvalue weighted by Crippen LogP contribution is 2.36. The molecule has 0 radical (unpaired) electrons. The van der Waals surface area contributed by atoms with E-state index in [-0.39, 0.29) is 5.91 Å². The van der Waals surface area contributed by atoms with Crippen LogP contribution >= 0.6 is 23.2 Å². The molecular weight excluding hydrogens is 541 g/mol. The normalized spacial score (nSPS) is 14.9. The lowest BCUT2D eigenvalue weighted by molar-refractivity contribution is -0.139. The van der Waals surface area contributed by atoms with Crippen molar-refractivity contribution in [3.05, 3.63) is 64.9 Å². The van der Waals surface area contributed by atoms with Crippen LogP contribution in [0.2, 0.25) is 10.0 Å². The van der Waals surface area contributed by atoms with Gasteiger partial charge in [0, 0.05) is 29.4 Å². The number of hydrogen-bond donors (Lipinski definition) is 3. The predicted molar refractivity (Wildman–Crippen MR) is 151 cm³/mol. The number of carboxylic acids is 1. The summed E-state index contributed by atoms with van der Waals surface area (Å²) in [7, 11) is 0. The molecule has 10 nitrogen and oxygen atoms in total. The SMILES string of the molecule is CCNC1(C(=O)NCC(=O)O)CCN(c2ncnc3c2nc(-c2ccccc2Cl)n3-c2ccc(Cl)cc2)CC1. The number of aromatic nitrogens is 4. The standard InChI is InChI=1S/C27H27Cl2N7O3/c1-2-33-27(26(39)30-15-21(37)38)11-13-35(14-12-27)24-22-25(32-16-31-24)36(18-9-7-17(28)8-10-18)23(34-22)19-5-3-4-6-20(19)29/h3-10,16,33H,2,11-15H2,1H3,(H,30,39)(H,37,38). The average molecular weight is 568 g/mol. The first-order chi connectivity index (χ1) is 18.8. The minimum atomic E-state index is -1.08. The highest BCUT2D eigenvalue weighted by molar-refractivity contribution is 6.33. The first-order valence-electron chi connectivity index (χ1n) is 12.6. The molecule has 2 aromatic carbocycles. The van der Waals surface area contributed by atoms with Crippen LogP contribution in [-0.4, -0.2) is 68.2 Å². The Morgan fingerprint density at radius 1 is 1.05 bits per heavy atom. The van der Waals surface area contributed by atoms with Crippen molar-refractivity contribution in [2.75, 3.05) is 31.1 Å². The molecule has 0 spiro atoms. The minimum absolute atomic E-state index is 0.313. The van der Waals surface area contributed by atoms with Crippen molar-refractivity contribution in [2.45, 2.75) is 25.3 Å². The highest BCUT2D eigenvalue weighted by Gasteiger charge is 2.41. The van der Waals surface area contributed by atoms with Crippen molar-refractivity contribution in [3.8, 4) is 17.1 Å². The summed E-state index contributed by atoms with van der Waals surface area (Å²) in [5.74, 6) is -0.127. The number of anilines is 1. The van der Waals surface area contributed by atoms with E-state index in [1.165, 1.54) is 6.33 Å². The van der Waals surface area contributed by atoms with E-state index < -0.39 is 18.1 Å². The number of fused-ring (bicyclic) bond motifs is 1. The molecule has 39 heavy (non-hydrogen) atoms. The van der Waals surface area contributed by atoms with E-state index in [1.54, 1.807) is 0 Å². The molecular formula is C27H27Cl2N7O3. The Morgan fingerprint density at radius 2 is 1.77 bits per heavy atom. The van der Waals surface area contributed by atoms with E-state index >= 15 is 0 Å². The Kier molecular flexibility index (Phi) is 7.69.